The minimum absolute atomic E-state index is 0.397. The Morgan fingerprint density at radius 1 is 1.32 bits per heavy atom. The Kier molecular flexibility index (Phi) is 3.61. The molecular formula is C15H14Cl2OS. The van der Waals surface area contributed by atoms with Crippen molar-refractivity contribution < 1.29 is 4.74 Å². The van der Waals surface area contributed by atoms with Gasteiger partial charge in [-0.05, 0) is 30.2 Å². The van der Waals surface area contributed by atoms with Gasteiger partial charge in [0, 0.05) is 21.9 Å². The lowest BCUT2D eigenvalue weighted by molar-refractivity contribution is -0.123. The topological polar surface area (TPSA) is 9.23 Å². The second kappa shape index (κ2) is 5.10. The maximum absolute atomic E-state index is 6.42. The number of halogens is 2. The van der Waals surface area contributed by atoms with Gasteiger partial charge in [-0.2, -0.15) is 0 Å². The molecule has 100 valence electrons. The molecule has 1 aromatic heterocycles. The Labute approximate surface area is 127 Å². The van der Waals surface area contributed by atoms with Crippen LogP contribution in [-0.2, 0) is 16.8 Å². The lowest BCUT2D eigenvalue weighted by atomic mass is 9.81. The summed E-state index contributed by atoms with van der Waals surface area (Å²) in [5, 5.41) is 0.731. The van der Waals surface area contributed by atoms with Crippen molar-refractivity contribution in [3.8, 4) is 0 Å². The molecule has 0 N–H and O–H groups in total. The van der Waals surface area contributed by atoms with E-state index in [0.717, 1.165) is 39.9 Å². The minimum Gasteiger partial charge on any atom is -0.365 e. The highest BCUT2D eigenvalue weighted by molar-refractivity contribution is 7.16. The van der Waals surface area contributed by atoms with E-state index in [0.29, 0.717) is 0 Å². The SMILES string of the molecule is CCc1cc(C2(c3cccc(Cl)c3)CCO2)c(Cl)s1. The summed E-state index contributed by atoms with van der Waals surface area (Å²) in [6, 6.07) is 10.0. The van der Waals surface area contributed by atoms with Gasteiger partial charge in [-0.3, -0.25) is 0 Å². The van der Waals surface area contributed by atoms with Gasteiger partial charge >= 0.3 is 0 Å². The molecule has 1 atom stereocenters. The number of benzene rings is 1. The molecule has 0 radical (unpaired) electrons. The molecule has 1 unspecified atom stereocenters. The average Bonchev–Trinajstić information content (AvgIpc) is 2.70. The normalized spacial score (nSPS) is 22.3. The fraction of sp³-hybridized carbons (Fsp3) is 0.333. The highest BCUT2D eigenvalue weighted by atomic mass is 35.5. The van der Waals surface area contributed by atoms with E-state index < -0.39 is 5.60 Å². The molecule has 1 fully saturated rings. The second-order valence-corrected chi connectivity index (χ2v) is 6.86. The van der Waals surface area contributed by atoms with Crippen molar-refractivity contribution in [1.82, 2.24) is 0 Å². The van der Waals surface area contributed by atoms with Crippen LogP contribution in [0.15, 0.2) is 30.3 Å². The largest absolute Gasteiger partial charge is 0.365 e. The number of ether oxygens (including phenoxy) is 1. The van der Waals surface area contributed by atoms with Gasteiger partial charge in [0.1, 0.15) is 5.60 Å². The molecule has 2 heterocycles. The third-order valence-corrected chi connectivity index (χ3v) is 5.35. The van der Waals surface area contributed by atoms with Gasteiger partial charge in [-0.1, -0.05) is 42.3 Å². The number of hydrogen-bond donors (Lipinski definition) is 0. The quantitative estimate of drug-likeness (QED) is 0.749. The Bertz CT molecular complexity index is 602. The fourth-order valence-electron chi connectivity index (χ4n) is 2.51. The second-order valence-electron chi connectivity index (χ2n) is 4.69. The standard InChI is InChI=1S/C15H14Cl2OS/c1-2-12-9-13(14(17)19-12)15(6-7-18-15)10-4-3-5-11(16)8-10/h3-5,8-9H,2,6-7H2,1H3. The Hall–Kier alpha value is -0.540. The van der Waals surface area contributed by atoms with Crippen LogP contribution in [0.4, 0.5) is 0 Å². The Morgan fingerprint density at radius 3 is 2.63 bits per heavy atom. The van der Waals surface area contributed by atoms with Crippen molar-refractivity contribution in [2.24, 2.45) is 0 Å². The zero-order valence-corrected chi connectivity index (χ0v) is 12.9. The molecular weight excluding hydrogens is 299 g/mol. The van der Waals surface area contributed by atoms with Crippen LogP contribution in [0.25, 0.3) is 0 Å². The number of rotatable bonds is 3. The maximum Gasteiger partial charge on any atom is 0.123 e. The fourth-order valence-corrected chi connectivity index (χ4v) is 4.09. The van der Waals surface area contributed by atoms with Crippen molar-refractivity contribution >= 4 is 34.5 Å². The average molecular weight is 313 g/mol. The summed E-state index contributed by atoms with van der Waals surface area (Å²) in [6.45, 7) is 2.90. The third kappa shape index (κ3) is 2.21. The van der Waals surface area contributed by atoms with E-state index in [1.165, 1.54) is 4.88 Å². The summed E-state index contributed by atoms with van der Waals surface area (Å²) >= 11 is 14.2. The van der Waals surface area contributed by atoms with E-state index in [1.54, 1.807) is 11.3 Å². The molecule has 0 spiro atoms. The summed E-state index contributed by atoms with van der Waals surface area (Å²) in [5.41, 5.74) is 1.78. The molecule has 1 aliphatic heterocycles. The van der Waals surface area contributed by atoms with Gasteiger partial charge in [-0.15, -0.1) is 11.3 Å². The van der Waals surface area contributed by atoms with Crippen LogP contribution in [-0.4, -0.2) is 6.61 Å². The first kappa shape index (κ1) is 13.4. The van der Waals surface area contributed by atoms with Crippen LogP contribution in [0.3, 0.4) is 0 Å². The monoisotopic (exact) mass is 312 g/mol. The van der Waals surface area contributed by atoms with Crippen LogP contribution >= 0.6 is 34.5 Å². The third-order valence-electron chi connectivity index (χ3n) is 3.61. The summed E-state index contributed by atoms with van der Waals surface area (Å²) in [6.07, 6.45) is 1.95. The lowest BCUT2D eigenvalue weighted by Crippen LogP contribution is -2.41. The van der Waals surface area contributed by atoms with Crippen molar-refractivity contribution in [1.29, 1.82) is 0 Å². The predicted molar refractivity (Wildman–Crippen MR) is 81.5 cm³/mol. The first-order chi connectivity index (χ1) is 9.15. The molecule has 0 amide bonds. The first-order valence-corrected chi connectivity index (χ1v) is 7.91. The summed E-state index contributed by atoms with van der Waals surface area (Å²) in [5.74, 6) is 0. The van der Waals surface area contributed by atoms with Gasteiger partial charge < -0.3 is 4.74 Å². The Balaban J connectivity index is 2.10. The number of aryl methyl sites for hydroxylation is 1. The lowest BCUT2D eigenvalue weighted by Gasteiger charge is -2.42. The van der Waals surface area contributed by atoms with E-state index in [2.05, 4.69) is 19.1 Å². The van der Waals surface area contributed by atoms with Crippen molar-refractivity contribution in [3.63, 3.8) is 0 Å². The summed E-state index contributed by atoms with van der Waals surface area (Å²) < 4.78 is 6.78. The molecule has 0 saturated carbocycles. The van der Waals surface area contributed by atoms with E-state index in [-0.39, 0.29) is 0 Å². The van der Waals surface area contributed by atoms with Gasteiger partial charge in [0.05, 0.1) is 10.9 Å². The Morgan fingerprint density at radius 2 is 2.11 bits per heavy atom. The molecule has 1 aliphatic rings. The minimum atomic E-state index is -0.397. The number of thiophene rings is 1. The van der Waals surface area contributed by atoms with Crippen LogP contribution in [0.1, 0.15) is 29.3 Å². The van der Waals surface area contributed by atoms with Gasteiger partial charge in [-0.25, -0.2) is 0 Å². The molecule has 0 aliphatic carbocycles. The van der Waals surface area contributed by atoms with E-state index in [9.17, 15) is 0 Å². The molecule has 3 rings (SSSR count). The molecule has 1 saturated heterocycles. The van der Waals surface area contributed by atoms with Gasteiger partial charge in [0.15, 0.2) is 0 Å². The highest BCUT2D eigenvalue weighted by Crippen LogP contribution is 2.49. The molecule has 0 bridgehead atoms. The molecule has 19 heavy (non-hydrogen) atoms. The highest BCUT2D eigenvalue weighted by Gasteiger charge is 2.44. The van der Waals surface area contributed by atoms with Crippen molar-refractivity contribution in [3.05, 3.63) is 55.7 Å². The van der Waals surface area contributed by atoms with E-state index in [4.69, 9.17) is 27.9 Å². The van der Waals surface area contributed by atoms with Crippen LogP contribution < -0.4 is 0 Å². The number of hydrogen-bond acceptors (Lipinski definition) is 2. The summed E-state index contributed by atoms with van der Waals surface area (Å²) in [4.78, 5) is 1.29. The van der Waals surface area contributed by atoms with Crippen LogP contribution in [0.2, 0.25) is 9.36 Å². The van der Waals surface area contributed by atoms with Crippen LogP contribution in [0.5, 0.6) is 0 Å². The van der Waals surface area contributed by atoms with E-state index >= 15 is 0 Å². The van der Waals surface area contributed by atoms with Crippen molar-refractivity contribution in [2.45, 2.75) is 25.4 Å². The predicted octanol–water partition coefficient (Wildman–Crippen LogP) is 5.28. The zero-order chi connectivity index (χ0) is 13.5. The molecule has 4 heteroatoms. The summed E-state index contributed by atoms with van der Waals surface area (Å²) in [7, 11) is 0. The van der Waals surface area contributed by atoms with Gasteiger partial charge in [0.25, 0.3) is 0 Å². The first-order valence-electron chi connectivity index (χ1n) is 6.34. The van der Waals surface area contributed by atoms with Crippen LogP contribution in [0, 0.1) is 0 Å². The van der Waals surface area contributed by atoms with Crippen molar-refractivity contribution in [2.75, 3.05) is 6.61 Å². The maximum atomic E-state index is 6.42. The zero-order valence-electron chi connectivity index (χ0n) is 10.6. The smallest absolute Gasteiger partial charge is 0.123 e. The molecule has 2 aromatic rings. The van der Waals surface area contributed by atoms with E-state index in [1.807, 2.05) is 18.2 Å². The molecule has 1 aromatic carbocycles. The molecule has 1 nitrogen and oxygen atoms in total. The van der Waals surface area contributed by atoms with Gasteiger partial charge in [0.2, 0.25) is 0 Å².